The summed E-state index contributed by atoms with van der Waals surface area (Å²) in [6, 6.07) is 16.0. The van der Waals surface area contributed by atoms with Gasteiger partial charge in [0.1, 0.15) is 11.6 Å². The molecule has 1 aromatic heterocycles. The number of hydrogen-bond donors (Lipinski definition) is 0. The fraction of sp³-hybridized carbons (Fsp3) is 0.385. The lowest BCUT2D eigenvalue weighted by Crippen LogP contribution is -2.32. The van der Waals surface area contributed by atoms with E-state index in [0.717, 1.165) is 42.1 Å². The molecule has 5 heteroatoms. The second-order valence-corrected chi connectivity index (χ2v) is 8.63. The third kappa shape index (κ3) is 4.50. The van der Waals surface area contributed by atoms with Gasteiger partial charge in [0.25, 0.3) is 5.91 Å². The van der Waals surface area contributed by atoms with Crippen molar-refractivity contribution in [3.8, 4) is 17.0 Å². The number of carbonyl (C=O) groups is 1. The van der Waals surface area contributed by atoms with Crippen LogP contribution in [0.15, 0.2) is 54.7 Å². The number of aromatic nitrogens is 2. The average molecular weight is 416 g/mol. The predicted octanol–water partition coefficient (Wildman–Crippen LogP) is 4.95. The Morgan fingerprint density at radius 3 is 2.87 bits per heavy atom. The summed E-state index contributed by atoms with van der Waals surface area (Å²) in [5, 5.41) is 0. The van der Waals surface area contributed by atoms with Crippen LogP contribution in [0.2, 0.25) is 0 Å². The smallest absolute Gasteiger partial charge is 0.254 e. The summed E-state index contributed by atoms with van der Waals surface area (Å²) in [5.74, 6) is 2.62. The lowest BCUT2D eigenvalue weighted by Gasteiger charge is -2.23. The molecule has 0 N–H and O–H groups in total. The molecule has 2 aromatic carbocycles. The van der Waals surface area contributed by atoms with Crippen LogP contribution in [-0.2, 0) is 19.5 Å². The first-order chi connectivity index (χ1) is 15.2. The first kappa shape index (κ1) is 19.9. The molecule has 0 atom stereocenters. The van der Waals surface area contributed by atoms with Gasteiger partial charge >= 0.3 is 0 Å². The van der Waals surface area contributed by atoms with Crippen LogP contribution in [0.25, 0.3) is 11.3 Å². The second-order valence-electron chi connectivity index (χ2n) is 8.63. The molecule has 2 aliphatic rings. The summed E-state index contributed by atoms with van der Waals surface area (Å²) in [5.41, 5.74) is 3.98. The minimum absolute atomic E-state index is 0.0693. The van der Waals surface area contributed by atoms with Gasteiger partial charge in [0.05, 0.1) is 12.3 Å². The summed E-state index contributed by atoms with van der Waals surface area (Å²) in [6.45, 7) is 5.02. The van der Waals surface area contributed by atoms with E-state index in [9.17, 15) is 4.79 Å². The second kappa shape index (κ2) is 8.58. The third-order valence-corrected chi connectivity index (χ3v) is 6.11. The molecule has 1 saturated carbocycles. The number of aryl methyl sites for hydroxylation is 2. The van der Waals surface area contributed by atoms with E-state index in [1.807, 2.05) is 36.1 Å². The summed E-state index contributed by atoms with van der Waals surface area (Å²) in [4.78, 5) is 20.2. The van der Waals surface area contributed by atoms with E-state index in [4.69, 9.17) is 9.72 Å². The Bertz CT molecular complexity index is 1060. The van der Waals surface area contributed by atoms with E-state index in [2.05, 4.69) is 35.0 Å². The highest BCUT2D eigenvalue weighted by Gasteiger charge is 2.27. The first-order valence-electron chi connectivity index (χ1n) is 11.4. The Kier molecular flexibility index (Phi) is 5.49. The lowest BCUT2D eigenvalue weighted by molar-refractivity contribution is 0.0734. The quantitative estimate of drug-likeness (QED) is 0.523. The molecule has 1 amide bonds. The van der Waals surface area contributed by atoms with E-state index < -0.39 is 0 Å². The number of imidazole rings is 1. The number of carbonyl (C=O) groups excluding carboxylic acids is 1. The van der Waals surface area contributed by atoms with Gasteiger partial charge in [-0.1, -0.05) is 24.3 Å². The molecule has 0 unspecified atom stereocenters. The van der Waals surface area contributed by atoms with Gasteiger partial charge in [0, 0.05) is 43.4 Å². The van der Waals surface area contributed by atoms with E-state index in [0.29, 0.717) is 24.6 Å². The molecular formula is C26H29N3O2. The molecule has 0 saturated heterocycles. The van der Waals surface area contributed by atoms with Gasteiger partial charge in [-0.05, 0) is 61.9 Å². The standard InChI is InChI=1S/C26H29N3O2/c1-2-31-23-9-4-8-22(15-23)26(30)29(16-19-11-12-19)17-20-6-3-7-21(14-20)24-18-28-13-5-10-25(28)27-24/h3-4,6-9,14-15,18-19H,2,5,10-13,16-17H2,1H3. The molecule has 1 fully saturated rings. The van der Waals surface area contributed by atoms with Crippen molar-refractivity contribution in [2.24, 2.45) is 5.92 Å². The van der Waals surface area contributed by atoms with Gasteiger partial charge in [-0.3, -0.25) is 4.79 Å². The molecule has 0 spiro atoms. The maximum atomic E-state index is 13.4. The van der Waals surface area contributed by atoms with Crippen molar-refractivity contribution in [1.82, 2.24) is 14.5 Å². The minimum Gasteiger partial charge on any atom is -0.494 e. The lowest BCUT2D eigenvalue weighted by atomic mass is 10.1. The zero-order chi connectivity index (χ0) is 21.2. The molecular weight excluding hydrogens is 386 g/mol. The summed E-state index contributed by atoms with van der Waals surface area (Å²) in [6.07, 6.45) is 6.83. The molecule has 31 heavy (non-hydrogen) atoms. The number of rotatable bonds is 8. The minimum atomic E-state index is 0.0693. The Balaban J connectivity index is 1.37. The molecule has 5 nitrogen and oxygen atoms in total. The molecule has 2 heterocycles. The van der Waals surface area contributed by atoms with Gasteiger partial charge in [-0.2, -0.15) is 0 Å². The SMILES string of the molecule is CCOc1cccc(C(=O)N(Cc2cccc(-c3cn4c(n3)CCC4)c2)CC2CC2)c1. The maximum Gasteiger partial charge on any atom is 0.254 e. The van der Waals surface area contributed by atoms with Crippen LogP contribution in [0, 0.1) is 5.92 Å². The van der Waals surface area contributed by atoms with Crippen molar-refractivity contribution < 1.29 is 9.53 Å². The zero-order valence-corrected chi connectivity index (χ0v) is 18.1. The van der Waals surface area contributed by atoms with Gasteiger partial charge in [-0.25, -0.2) is 4.98 Å². The number of ether oxygens (including phenoxy) is 1. The Hall–Kier alpha value is -3.08. The fourth-order valence-corrected chi connectivity index (χ4v) is 4.34. The zero-order valence-electron chi connectivity index (χ0n) is 18.1. The molecule has 5 rings (SSSR count). The van der Waals surface area contributed by atoms with E-state index in [-0.39, 0.29) is 5.91 Å². The van der Waals surface area contributed by atoms with Crippen LogP contribution in [-0.4, -0.2) is 33.5 Å². The average Bonchev–Trinajstić information content (AvgIpc) is 3.33. The topological polar surface area (TPSA) is 47.4 Å². The molecule has 160 valence electrons. The number of amides is 1. The van der Waals surface area contributed by atoms with Gasteiger partial charge < -0.3 is 14.2 Å². The Labute approximate surface area is 183 Å². The molecule has 1 aliphatic carbocycles. The monoisotopic (exact) mass is 415 g/mol. The fourth-order valence-electron chi connectivity index (χ4n) is 4.34. The highest BCUT2D eigenvalue weighted by molar-refractivity contribution is 5.94. The van der Waals surface area contributed by atoms with Crippen molar-refractivity contribution in [3.05, 3.63) is 71.7 Å². The van der Waals surface area contributed by atoms with E-state index in [1.54, 1.807) is 0 Å². The Morgan fingerprint density at radius 1 is 1.19 bits per heavy atom. The summed E-state index contributed by atoms with van der Waals surface area (Å²) in [7, 11) is 0. The number of hydrogen-bond acceptors (Lipinski definition) is 3. The first-order valence-corrected chi connectivity index (χ1v) is 11.4. The van der Waals surface area contributed by atoms with Crippen LogP contribution in [0.1, 0.15) is 47.9 Å². The normalized spacial score (nSPS) is 15.0. The van der Waals surface area contributed by atoms with Crippen molar-refractivity contribution in [3.63, 3.8) is 0 Å². The molecule has 1 aliphatic heterocycles. The van der Waals surface area contributed by atoms with Gasteiger partial charge in [-0.15, -0.1) is 0 Å². The van der Waals surface area contributed by atoms with Crippen LogP contribution in [0.3, 0.4) is 0 Å². The predicted molar refractivity (Wildman–Crippen MR) is 121 cm³/mol. The van der Waals surface area contributed by atoms with Crippen LogP contribution in [0.5, 0.6) is 5.75 Å². The summed E-state index contributed by atoms with van der Waals surface area (Å²) >= 11 is 0. The Morgan fingerprint density at radius 2 is 2.06 bits per heavy atom. The van der Waals surface area contributed by atoms with Crippen LogP contribution < -0.4 is 4.74 Å². The van der Waals surface area contributed by atoms with Crippen molar-refractivity contribution in [2.75, 3.05) is 13.2 Å². The molecule has 0 radical (unpaired) electrons. The van der Waals surface area contributed by atoms with E-state index >= 15 is 0 Å². The van der Waals surface area contributed by atoms with Crippen molar-refractivity contribution in [2.45, 2.75) is 45.7 Å². The maximum absolute atomic E-state index is 13.4. The van der Waals surface area contributed by atoms with Crippen LogP contribution in [0.4, 0.5) is 0 Å². The number of nitrogens with zero attached hydrogens (tertiary/aromatic N) is 3. The molecule has 0 bridgehead atoms. The van der Waals surface area contributed by atoms with Gasteiger partial charge in [0.2, 0.25) is 0 Å². The highest BCUT2D eigenvalue weighted by atomic mass is 16.5. The number of fused-ring (bicyclic) bond motifs is 1. The third-order valence-electron chi connectivity index (χ3n) is 6.11. The largest absolute Gasteiger partial charge is 0.494 e. The highest BCUT2D eigenvalue weighted by Crippen LogP contribution is 2.31. The van der Waals surface area contributed by atoms with E-state index in [1.165, 1.54) is 25.1 Å². The van der Waals surface area contributed by atoms with Crippen molar-refractivity contribution in [1.29, 1.82) is 0 Å². The van der Waals surface area contributed by atoms with Gasteiger partial charge in [0.15, 0.2) is 0 Å². The van der Waals surface area contributed by atoms with Crippen LogP contribution >= 0.6 is 0 Å². The number of benzene rings is 2. The van der Waals surface area contributed by atoms with Crippen molar-refractivity contribution >= 4 is 5.91 Å². The molecule has 3 aromatic rings. The summed E-state index contributed by atoms with van der Waals surface area (Å²) < 4.78 is 7.86.